The molecule has 4 rings (SSSR count). The molecule has 7 nitrogen and oxygen atoms in total. The summed E-state index contributed by atoms with van der Waals surface area (Å²) in [6.45, 7) is 7.19. The van der Waals surface area contributed by atoms with Gasteiger partial charge in [-0.1, -0.05) is 43.2 Å². The van der Waals surface area contributed by atoms with E-state index in [9.17, 15) is 13.2 Å². The number of fused-ring (bicyclic) bond motifs is 1. The molecule has 2 heterocycles. The van der Waals surface area contributed by atoms with Crippen molar-refractivity contribution in [2.24, 2.45) is 0 Å². The Balaban J connectivity index is 1.70. The molecular weight excluding hydrogens is 474 g/mol. The van der Waals surface area contributed by atoms with Crippen LogP contribution >= 0.6 is 0 Å². The molecule has 0 unspecified atom stereocenters. The van der Waals surface area contributed by atoms with Crippen LogP contribution in [0.1, 0.15) is 51.5 Å². The topological polar surface area (TPSA) is 80.6 Å². The summed E-state index contributed by atoms with van der Waals surface area (Å²) in [4.78, 5) is 14.6. The summed E-state index contributed by atoms with van der Waals surface area (Å²) < 4.78 is 34.4. The Kier molecular flexibility index (Phi) is 7.32. The van der Waals surface area contributed by atoms with E-state index in [2.05, 4.69) is 11.2 Å². The molecule has 1 N–H and O–H groups in total. The predicted octanol–water partition coefficient (Wildman–Crippen LogP) is 5.43. The summed E-state index contributed by atoms with van der Waals surface area (Å²) in [6.07, 6.45) is 9.08. The third-order valence-corrected chi connectivity index (χ3v) is 8.59. The minimum Gasteiger partial charge on any atom is -0.443 e. The molecule has 0 saturated carbocycles. The number of anilines is 1. The van der Waals surface area contributed by atoms with Crippen molar-refractivity contribution in [2.75, 3.05) is 25.0 Å². The van der Waals surface area contributed by atoms with E-state index in [0.29, 0.717) is 37.1 Å². The van der Waals surface area contributed by atoms with Crippen LogP contribution in [0, 0.1) is 12.3 Å². The molecule has 1 fully saturated rings. The number of nitrogens with one attached hydrogen (secondary N) is 1. The zero-order valence-electron chi connectivity index (χ0n) is 21.0. The van der Waals surface area contributed by atoms with Crippen molar-refractivity contribution in [1.82, 2.24) is 8.87 Å². The second-order valence-electron chi connectivity index (χ2n) is 9.70. The number of ether oxygens (including phenoxy) is 1. The first-order valence-electron chi connectivity index (χ1n) is 12.3. The van der Waals surface area contributed by atoms with Crippen molar-refractivity contribution in [3.63, 3.8) is 0 Å². The molecule has 1 amide bonds. The Hall–Kier alpha value is -3.44. The lowest BCUT2D eigenvalue weighted by Gasteiger charge is -2.34. The van der Waals surface area contributed by atoms with Crippen molar-refractivity contribution in [3.8, 4) is 12.3 Å². The van der Waals surface area contributed by atoms with Gasteiger partial charge in [0.05, 0.1) is 22.6 Å². The molecule has 0 bridgehead atoms. The van der Waals surface area contributed by atoms with E-state index in [4.69, 9.17) is 11.2 Å². The fourth-order valence-corrected chi connectivity index (χ4v) is 5.95. The highest BCUT2D eigenvalue weighted by molar-refractivity contribution is 7.90. The number of benzene rings is 2. The van der Waals surface area contributed by atoms with Crippen LogP contribution in [0.4, 0.5) is 10.5 Å². The number of nitrogens with zero attached hydrogens (tertiary/aromatic N) is 2. The summed E-state index contributed by atoms with van der Waals surface area (Å²) in [5.74, 6) is 2.66. The summed E-state index contributed by atoms with van der Waals surface area (Å²) >= 11 is 0. The van der Waals surface area contributed by atoms with E-state index < -0.39 is 15.6 Å². The summed E-state index contributed by atoms with van der Waals surface area (Å²) in [5, 5.41) is 4.04. The third-order valence-electron chi connectivity index (χ3n) is 6.91. The van der Waals surface area contributed by atoms with Gasteiger partial charge in [-0.3, -0.25) is 0 Å². The lowest BCUT2D eigenvalue weighted by Crippen LogP contribution is -2.42. The van der Waals surface area contributed by atoms with Crippen LogP contribution in [0.5, 0.6) is 0 Å². The number of para-hydroxylation sites is 1. The maximum atomic E-state index is 13.7. The average Bonchev–Trinajstić information content (AvgIpc) is 3.29. The van der Waals surface area contributed by atoms with E-state index >= 15 is 0 Å². The summed E-state index contributed by atoms with van der Waals surface area (Å²) in [5.41, 5.74) is 1.70. The normalized spacial score (nSPS) is 15.0. The van der Waals surface area contributed by atoms with Crippen LogP contribution in [0.25, 0.3) is 10.9 Å². The molecule has 36 heavy (non-hydrogen) atoms. The SMILES string of the molecule is C#CCNc1cccc2c(C3CCN(C(=O)OC(C)(C)CC)CC3)cn(S(=O)(=O)c3ccccc3)c12. The van der Waals surface area contributed by atoms with Crippen molar-refractivity contribution >= 4 is 32.7 Å². The van der Waals surface area contributed by atoms with Gasteiger partial charge in [-0.05, 0) is 62.8 Å². The zero-order valence-corrected chi connectivity index (χ0v) is 21.8. The van der Waals surface area contributed by atoms with Gasteiger partial charge in [0.2, 0.25) is 0 Å². The maximum absolute atomic E-state index is 13.7. The quantitative estimate of drug-likeness (QED) is 0.432. The molecule has 2 aromatic carbocycles. The number of carbonyl (C=O) groups excluding carboxylic acids is 1. The van der Waals surface area contributed by atoms with Crippen molar-refractivity contribution in [1.29, 1.82) is 0 Å². The average molecular weight is 508 g/mol. The van der Waals surface area contributed by atoms with E-state index in [1.807, 2.05) is 39.0 Å². The molecule has 8 heteroatoms. The van der Waals surface area contributed by atoms with E-state index in [1.54, 1.807) is 41.4 Å². The van der Waals surface area contributed by atoms with Gasteiger partial charge >= 0.3 is 6.09 Å². The Morgan fingerprint density at radius 1 is 1.14 bits per heavy atom. The first-order valence-corrected chi connectivity index (χ1v) is 13.7. The molecule has 1 aliphatic rings. The predicted molar refractivity (Wildman–Crippen MR) is 143 cm³/mol. The number of piperidine rings is 1. The van der Waals surface area contributed by atoms with Crippen LogP contribution in [0.3, 0.4) is 0 Å². The van der Waals surface area contributed by atoms with Gasteiger partial charge in [-0.2, -0.15) is 0 Å². The minimum atomic E-state index is -3.84. The Morgan fingerprint density at radius 2 is 1.83 bits per heavy atom. The lowest BCUT2D eigenvalue weighted by molar-refractivity contribution is 0.00753. The molecule has 0 aliphatic carbocycles. The first-order chi connectivity index (χ1) is 17.2. The van der Waals surface area contributed by atoms with Gasteiger partial charge in [-0.25, -0.2) is 17.2 Å². The van der Waals surface area contributed by atoms with Gasteiger partial charge in [-0.15, -0.1) is 6.42 Å². The van der Waals surface area contributed by atoms with Crippen LogP contribution in [0.2, 0.25) is 0 Å². The molecule has 1 aliphatic heterocycles. The van der Waals surface area contributed by atoms with Crippen LogP contribution in [0.15, 0.2) is 59.6 Å². The second-order valence-corrected chi connectivity index (χ2v) is 11.5. The maximum Gasteiger partial charge on any atom is 0.410 e. The number of amides is 1. The zero-order chi connectivity index (χ0) is 25.9. The highest BCUT2D eigenvalue weighted by Crippen LogP contribution is 2.39. The number of hydrogen-bond donors (Lipinski definition) is 1. The highest BCUT2D eigenvalue weighted by Gasteiger charge is 2.31. The number of hydrogen-bond acceptors (Lipinski definition) is 5. The first kappa shape index (κ1) is 25.6. The van der Waals surface area contributed by atoms with E-state index in [1.165, 1.54) is 3.97 Å². The molecule has 0 spiro atoms. The number of carbonyl (C=O) groups is 1. The second kappa shape index (κ2) is 10.3. The van der Waals surface area contributed by atoms with Crippen LogP contribution < -0.4 is 5.32 Å². The van der Waals surface area contributed by atoms with E-state index in [0.717, 1.165) is 17.4 Å². The standard InChI is InChI=1S/C28H33N3O4S/c1-5-17-29-25-14-10-13-23-24(20-31(26(23)25)36(33,34)22-11-8-7-9-12-22)21-15-18-30(19-16-21)27(32)35-28(3,4)6-2/h1,7-14,20-21,29H,6,15-19H2,2-4H3. The highest BCUT2D eigenvalue weighted by atomic mass is 32.2. The summed E-state index contributed by atoms with van der Waals surface area (Å²) in [6, 6.07) is 14.1. The van der Waals surface area contributed by atoms with Crippen molar-refractivity contribution < 1.29 is 17.9 Å². The third kappa shape index (κ3) is 5.07. The largest absolute Gasteiger partial charge is 0.443 e. The van der Waals surface area contributed by atoms with Gasteiger partial charge in [0.15, 0.2) is 0 Å². The van der Waals surface area contributed by atoms with Crippen LogP contribution in [-0.2, 0) is 14.8 Å². The van der Waals surface area contributed by atoms with Crippen molar-refractivity contribution in [3.05, 3.63) is 60.3 Å². The number of likely N-dealkylation sites (tertiary alicyclic amines) is 1. The fraction of sp³-hybridized carbons (Fsp3) is 0.393. The van der Waals surface area contributed by atoms with E-state index in [-0.39, 0.29) is 23.5 Å². The lowest BCUT2D eigenvalue weighted by atomic mass is 9.89. The minimum absolute atomic E-state index is 0.103. The van der Waals surface area contributed by atoms with Gasteiger partial charge in [0.1, 0.15) is 5.60 Å². The molecular formula is C28H33N3O4S. The molecule has 0 atom stereocenters. The molecule has 0 radical (unpaired) electrons. The molecule has 190 valence electrons. The van der Waals surface area contributed by atoms with Crippen LogP contribution in [-0.4, -0.2) is 48.6 Å². The molecule has 1 saturated heterocycles. The fourth-order valence-electron chi connectivity index (χ4n) is 4.53. The Bertz CT molecular complexity index is 1380. The summed E-state index contributed by atoms with van der Waals surface area (Å²) in [7, 11) is -3.84. The molecule has 1 aromatic heterocycles. The number of rotatable bonds is 7. The monoisotopic (exact) mass is 507 g/mol. The molecule has 3 aromatic rings. The van der Waals surface area contributed by atoms with Gasteiger partial charge < -0.3 is 15.0 Å². The number of terminal acetylenes is 1. The van der Waals surface area contributed by atoms with Gasteiger partial charge in [0, 0.05) is 24.7 Å². The van der Waals surface area contributed by atoms with Crippen molar-refractivity contribution in [2.45, 2.75) is 56.4 Å². The number of aromatic nitrogens is 1. The Morgan fingerprint density at radius 3 is 2.47 bits per heavy atom. The van der Waals surface area contributed by atoms with Gasteiger partial charge in [0.25, 0.3) is 10.0 Å². The smallest absolute Gasteiger partial charge is 0.410 e. The Labute approximate surface area is 213 Å².